The second kappa shape index (κ2) is 9.97. The van der Waals surface area contributed by atoms with E-state index in [1.54, 1.807) is 0 Å². The van der Waals surface area contributed by atoms with E-state index in [0.29, 0.717) is 18.9 Å². The van der Waals surface area contributed by atoms with E-state index in [9.17, 15) is 4.79 Å². The fourth-order valence-corrected chi connectivity index (χ4v) is 1.52. The van der Waals surface area contributed by atoms with Crippen molar-refractivity contribution in [2.45, 2.75) is 52.4 Å². The van der Waals surface area contributed by atoms with Gasteiger partial charge in [0.25, 0.3) is 0 Å². The van der Waals surface area contributed by atoms with Crippen molar-refractivity contribution in [1.82, 2.24) is 5.32 Å². The first-order valence-electron chi connectivity index (χ1n) is 6.12. The second-order valence-corrected chi connectivity index (χ2v) is 4.05. The molecule has 0 aliphatic heterocycles. The van der Waals surface area contributed by atoms with Gasteiger partial charge in [-0.25, -0.2) is 0 Å². The van der Waals surface area contributed by atoms with Crippen molar-refractivity contribution in [3.63, 3.8) is 0 Å². The van der Waals surface area contributed by atoms with Gasteiger partial charge in [-0.3, -0.25) is 4.79 Å². The van der Waals surface area contributed by atoms with Crippen LogP contribution in [-0.2, 0) is 4.79 Å². The Labute approximate surface area is 93.3 Å². The molecule has 1 amide bonds. The zero-order chi connectivity index (χ0) is 11.5. The minimum absolute atomic E-state index is 0.153. The van der Waals surface area contributed by atoms with E-state index in [4.69, 9.17) is 5.11 Å². The normalized spacial score (nSPS) is 12.5. The Hall–Kier alpha value is -0.570. The average molecular weight is 215 g/mol. The van der Waals surface area contributed by atoms with Crippen molar-refractivity contribution >= 4 is 5.91 Å². The Bertz CT molecular complexity index is 160. The molecule has 0 aromatic carbocycles. The van der Waals surface area contributed by atoms with Crippen LogP contribution in [0.25, 0.3) is 0 Å². The molecular weight excluding hydrogens is 190 g/mol. The monoisotopic (exact) mass is 215 g/mol. The molecule has 1 unspecified atom stereocenters. The number of carbonyl (C=O) groups excluding carboxylic acids is 1. The van der Waals surface area contributed by atoms with E-state index in [0.717, 1.165) is 32.1 Å². The molecule has 90 valence electrons. The van der Waals surface area contributed by atoms with Gasteiger partial charge in [0, 0.05) is 19.6 Å². The fourth-order valence-electron chi connectivity index (χ4n) is 1.52. The summed E-state index contributed by atoms with van der Waals surface area (Å²) in [6, 6.07) is 0. The minimum atomic E-state index is 0.153. The van der Waals surface area contributed by atoms with Gasteiger partial charge in [-0.15, -0.1) is 0 Å². The third kappa shape index (κ3) is 8.43. The van der Waals surface area contributed by atoms with E-state index in [2.05, 4.69) is 19.2 Å². The molecule has 0 bridgehead atoms. The molecule has 0 aliphatic rings. The van der Waals surface area contributed by atoms with Crippen LogP contribution in [0.2, 0.25) is 0 Å². The maximum Gasteiger partial charge on any atom is 0.220 e. The molecule has 0 fully saturated rings. The molecule has 0 aromatic rings. The highest BCUT2D eigenvalue weighted by atomic mass is 16.3. The van der Waals surface area contributed by atoms with Gasteiger partial charge in [-0.2, -0.15) is 0 Å². The van der Waals surface area contributed by atoms with Gasteiger partial charge < -0.3 is 10.4 Å². The standard InChI is InChI=1S/C12H25NO2/c1-3-5-6-7-12(15)13-10-11(4-2)8-9-14/h11,14H,3-10H2,1-2H3,(H,13,15). The molecular formula is C12H25NO2. The number of unbranched alkanes of at least 4 members (excludes halogenated alkanes) is 2. The van der Waals surface area contributed by atoms with E-state index in [1.165, 1.54) is 0 Å². The van der Waals surface area contributed by atoms with E-state index in [-0.39, 0.29) is 12.5 Å². The molecule has 0 radical (unpaired) electrons. The predicted octanol–water partition coefficient (Wildman–Crippen LogP) is 2.09. The molecule has 0 aromatic heterocycles. The highest BCUT2D eigenvalue weighted by molar-refractivity contribution is 5.75. The molecule has 2 N–H and O–H groups in total. The van der Waals surface area contributed by atoms with Crippen molar-refractivity contribution in [3.05, 3.63) is 0 Å². The molecule has 0 heterocycles. The Morgan fingerprint density at radius 3 is 2.60 bits per heavy atom. The summed E-state index contributed by atoms with van der Waals surface area (Å²) >= 11 is 0. The molecule has 0 saturated heterocycles. The number of aliphatic hydroxyl groups is 1. The molecule has 0 saturated carbocycles. The molecule has 0 rings (SSSR count). The van der Waals surface area contributed by atoms with Crippen LogP contribution >= 0.6 is 0 Å². The number of amides is 1. The average Bonchev–Trinajstić information content (AvgIpc) is 2.24. The van der Waals surface area contributed by atoms with Gasteiger partial charge in [0.05, 0.1) is 0 Å². The highest BCUT2D eigenvalue weighted by Crippen LogP contribution is 2.06. The van der Waals surface area contributed by atoms with Crippen LogP contribution < -0.4 is 5.32 Å². The third-order valence-electron chi connectivity index (χ3n) is 2.71. The number of hydrogen-bond acceptors (Lipinski definition) is 2. The molecule has 15 heavy (non-hydrogen) atoms. The Morgan fingerprint density at radius 2 is 2.07 bits per heavy atom. The lowest BCUT2D eigenvalue weighted by Crippen LogP contribution is -2.29. The van der Waals surface area contributed by atoms with E-state index in [1.807, 2.05) is 0 Å². The minimum Gasteiger partial charge on any atom is -0.396 e. The molecule has 0 spiro atoms. The topological polar surface area (TPSA) is 49.3 Å². The van der Waals surface area contributed by atoms with Crippen LogP contribution in [0.15, 0.2) is 0 Å². The number of hydrogen-bond donors (Lipinski definition) is 2. The van der Waals surface area contributed by atoms with Crippen molar-refractivity contribution in [2.24, 2.45) is 5.92 Å². The van der Waals surface area contributed by atoms with Gasteiger partial charge in [-0.1, -0.05) is 33.1 Å². The first kappa shape index (κ1) is 14.4. The van der Waals surface area contributed by atoms with Crippen LogP contribution in [0.1, 0.15) is 52.4 Å². The molecule has 3 nitrogen and oxygen atoms in total. The largest absolute Gasteiger partial charge is 0.396 e. The summed E-state index contributed by atoms with van der Waals surface area (Å²) in [4.78, 5) is 11.4. The van der Waals surface area contributed by atoms with E-state index < -0.39 is 0 Å². The fraction of sp³-hybridized carbons (Fsp3) is 0.917. The quantitative estimate of drug-likeness (QED) is 0.579. The van der Waals surface area contributed by atoms with Crippen LogP contribution in [0, 0.1) is 5.92 Å². The maximum atomic E-state index is 11.4. The SMILES string of the molecule is CCCCCC(=O)NCC(CC)CCO. The highest BCUT2D eigenvalue weighted by Gasteiger charge is 2.07. The Kier molecular flexibility index (Phi) is 9.59. The zero-order valence-electron chi connectivity index (χ0n) is 10.1. The maximum absolute atomic E-state index is 11.4. The van der Waals surface area contributed by atoms with Gasteiger partial charge >= 0.3 is 0 Å². The van der Waals surface area contributed by atoms with E-state index >= 15 is 0 Å². The lowest BCUT2D eigenvalue weighted by molar-refractivity contribution is -0.121. The molecule has 3 heteroatoms. The summed E-state index contributed by atoms with van der Waals surface area (Å²) in [6.45, 7) is 5.14. The summed E-state index contributed by atoms with van der Waals surface area (Å²) in [5.74, 6) is 0.574. The second-order valence-electron chi connectivity index (χ2n) is 4.05. The number of nitrogens with one attached hydrogen (secondary N) is 1. The van der Waals surface area contributed by atoms with Crippen molar-refractivity contribution < 1.29 is 9.90 Å². The van der Waals surface area contributed by atoms with Crippen LogP contribution in [-0.4, -0.2) is 24.2 Å². The lowest BCUT2D eigenvalue weighted by Gasteiger charge is -2.14. The number of carbonyl (C=O) groups is 1. The van der Waals surface area contributed by atoms with Gasteiger partial charge in [0.1, 0.15) is 0 Å². The Morgan fingerprint density at radius 1 is 1.33 bits per heavy atom. The van der Waals surface area contributed by atoms with Gasteiger partial charge in [0.2, 0.25) is 5.91 Å². The summed E-state index contributed by atoms with van der Waals surface area (Å²) in [5.41, 5.74) is 0. The van der Waals surface area contributed by atoms with Crippen molar-refractivity contribution in [1.29, 1.82) is 0 Å². The first-order valence-corrected chi connectivity index (χ1v) is 6.12. The van der Waals surface area contributed by atoms with Gasteiger partial charge in [-0.05, 0) is 18.8 Å². The molecule has 0 aliphatic carbocycles. The van der Waals surface area contributed by atoms with Crippen LogP contribution in [0.4, 0.5) is 0 Å². The molecule has 1 atom stereocenters. The zero-order valence-corrected chi connectivity index (χ0v) is 10.1. The lowest BCUT2D eigenvalue weighted by atomic mass is 10.0. The number of rotatable bonds is 9. The number of aliphatic hydroxyl groups excluding tert-OH is 1. The van der Waals surface area contributed by atoms with Gasteiger partial charge in [0.15, 0.2) is 0 Å². The summed E-state index contributed by atoms with van der Waals surface area (Å²) in [6.07, 6.45) is 5.70. The predicted molar refractivity (Wildman–Crippen MR) is 62.6 cm³/mol. The van der Waals surface area contributed by atoms with Crippen LogP contribution in [0.5, 0.6) is 0 Å². The smallest absolute Gasteiger partial charge is 0.220 e. The first-order chi connectivity index (χ1) is 7.24. The Balaban J connectivity index is 3.50. The summed E-state index contributed by atoms with van der Waals surface area (Å²) in [7, 11) is 0. The summed E-state index contributed by atoms with van der Waals surface area (Å²) in [5, 5.41) is 11.7. The third-order valence-corrected chi connectivity index (χ3v) is 2.71. The summed E-state index contributed by atoms with van der Waals surface area (Å²) < 4.78 is 0. The van der Waals surface area contributed by atoms with Crippen molar-refractivity contribution in [3.8, 4) is 0 Å². The van der Waals surface area contributed by atoms with Crippen LogP contribution in [0.3, 0.4) is 0 Å². The van der Waals surface area contributed by atoms with Crippen molar-refractivity contribution in [2.75, 3.05) is 13.2 Å².